The van der Waals surface area contributed by atoms with Gasteiger partial charge in [0, 0.05) is 24.5 Å². The molecule has 2 heterocycles. The Morgan fingerprint density at radius 2 is 1.74 bits per heavy atom. The van der Waals surface area contributed by atoms with Gasteiger partial charge in [-0.3, -0.25) is 4.79 Å². The van der Waals surface area contributed by atoms with Crippen LogP contribution in [0.5, 0.6) is 0 Å². The van der Waals surface area contributed by atoms with Crippen LogP contribution in [0.4, 0.5) is 5.69 Å². The summed E-state index contributed by atoms with van der Waals surface area (Å²) in [5, 5.41) is 6.99. The molecule has 2 aromatic carbocycles. The molecule has 10 heteroatoms. The number of rotatable bonds is 7. The van der Waals surface area contributed by atoms with Crippen molar-refractivity contribution in [3.63, 3.8) is 0 Å². The molecular weight excluding hydrogens is 456 g/mol. The van der Waals surface area contributed by atoms with Crippen LogP contribution in [0.2, 0.25) is 0 Å². The molecule has 0 unspecified atom stereocenters. The van der Waals surface area contributed by atoms with Gasteiger partial charge in [-0.25, -0.2) is 17.9 Å². The molecule has 0 spiro atoms. The number of aromatic nitrogens is 2. The van der Waals surface area contributed by atoms with E-state index in [2.05, 4.69) is 10.4 Å². The quantitative estimate of drug-likeness (QED) is 0.518. The average molecular weight is 483 g/mol. The van der Waals surface area contributed by atoms with E-state index < -0.39 is 28.5 Å². The molecular formula is C24H26N4O5S. The van der Waals surface area contributed by atoms with Gasteiger partial charge in [-0.2, -0.15) is 9.40 Å². The first-order valence-electron chi connectivity index (χ1n) is 10.9. The minimum atomic E-state index is -3.59. The van der Waals surface area contributed by atoms with E-state index in [1.54, 1.807) is 41.1 Å². The number of nitrogens with zero attached hydrogens (tertiary/aromatic N) is 3. The van der Waals surface area contributed by atoms with Crippen LogP contribution in [0.15, 0.2) is 59.5 Å². The van der Waals surface area contributed by atoms with E-state index in [1.165, 1.54) is 16.4 Å². The number of carbonyl (C=O) groups excluding carboxylic acids is 2. The van der Waals surface area contributed by atoms with E-state index in [0.29, 0.717) is 24.3 Å². The molecule has 1 aliphatic rings. The van der Waals surface area contributed by atoms with Crippen molar-refractivity contribution in [2.45, 2.75) is 31.6 Å². The maximum Gasteiger partial charge on any atom is 0.338 e. The smallest absolute Gasteiger partial charge is 0.338 e. The maximum atomic E-state index is 12.7. The standard InChI is InChI=1S/C24H26N4O5S/c1-17-14-18(2)28(26-17)21-10-8-19(9-11-21)24(30)33-16-23(29)25-20-6-5-7-22(15-20)34(31,32)27-12-3-4-13-27/h5-11,14-15H,3-4,12-13,16H2,1-2H3,(H,25,29). The number of ether oxygens (including phenoxy) is 1. The summed E-state index contributed by atoms with van der Waals surface area (Å²) in [4.78, 5) is 24.7. The average Bonchev–Trinajstić information content (AvgIpc) is 3.48. The molecule has 1 fully saturated rings. The predicted molar refractivity (Wildman–Crippen MR) is 126 cm³/mol. The van der Waals surface area contributed by atoms with Crippen LogP contribution >= 0.6 is 0 Å². The first-order chi connectivity index (χ1) is 16.2. The summed E-state index contributed by atoms with van der Waals surface area (Å²) in [6.07, 6.45) is 1.68. The number of hydrogen-bond acceptors (Lipinski definition) is 6. The van der Waals surface area contributed by atoms with Crippen LogP contribution in [0, 0.1) is 13.8 Å². The minimum absolute atomic E-state index is 0.117. The largest absolute Gasteiger partial charge is 0.452 e. The number of anilines is 1. The Morgan fingerprint density at radius 3 is 2.38 bits per heavy atom. The number of hydrogen-bond donors (Lipinski definition) is 1. The molecule has 178 valence electrons. The molecule has 4 rings (SSSR count). The van der Waals surface area contributed by atoms with Crippen LogP contribution in [0.3, 0.4) is 0 Å². The second-order valence-electron chi connectivity index (χ2n) is 8.15. The van der Waals surface area contributed by atoms with Gasteiger partial charge in [0.1, 0.15) is 0 Å². The fraction of sp³-hybridized carbons (Fsp3) is 0.292. The highest BCUT2D eigenvalue weighted by atomic mass is 32.2. The van der Waals surface area contributed by atoms with Crippen LogP contribution in [-0.4, -0.2) is 54.1 Å². The Balaban J connectivity index is 1.34. The van der Waals surface area contributed by atoms with Crippen molar-refractivity contribution in [3.8, 4) is 5.69 Å². The van der Waals surface area contributed by atoms with Gasteiger partial charge in [0.05, 0.1) is 21.8 Å². The third kappa shape index (κ3) is 5.18. The van der Waals surface area contributed by atoms with Gasteiger partial charge in [0.2, 0.25) is 10.0 Å². The zero-order valence-electron chi connectivity index (χ0n) is 19.0. The predicted octanol–water partition coefficient (Wildman–Crippen LogP) is 3.07. The van der Waals surface area contributed by atoms with Crippen molar-refractivity contribution in [2.24, 2.45) is 0 Å². The monoisotopic (exact) mass is 482 g/mol. The van der Waals surface area contributed by atoms with E-state index in [4.69, 9.17) is 4.74 Å². The van der Waals surface area contributed by atoms with Gasteiger partial charge in [-0.05, 0) is 75.2 Å². The number of amides is 1. The highest BCUT2D eigenvalue weighted by molar-refractivity contribution is 7.89. The summed E-state index contributed by atoms with van der Waals surface area (Å²) < 4.78 is 33.8. The van der Waals surface area contributed by atoms with Crippen LogP contribution < -0.4 is 5.32 Å². The van der Waals surface area contributed by atoms with E-state index in [1.807, 2.05) is 19.9 Å². The third-order valence-electron chi connectivity index (χ3n) is 5.51. The summed E-state index contributed by atoms with van der Waals surface area (Å²) in [6, 6.07) is 14.7. The van der Waals surface area contributed by atoms with Gasteiger partial charge in [0.15, 0.2) is 6.61 Å². The molecule has 1 saturated heterocycles. The Labute approximate surface area is 198 Å². The lowest BCUT2D eigenvalue weighted by Gasteiger charge is -2.16. The molecule has 1 aliphatic heterocycles. The SMILES string of the molecule is Cc1cc(C)n(-c2ccc(C(=O)OCC(=O)Nc3cccc(S(=O)(=O)N4CCCC4)c3)cc2)n1. The topological polar surface area (TPSA) is 111 Å². The van der Waals surface area contributed by atoms with Gasteiger partial charge in [0.25, 0.3) is 5.91 Å². The van der Waals surface area contributed by atoms with E-state index in [9.17, 15) is 18.0 Å². The molecule has 1 amide bonds. The molecule has 3 aromatic rings. The summed E-state index contributed by atoms with van der Waals surface area (Å²) in [6.45, 7) is 4.34. The Hall–Kier alpha value is -3.50. The molecule has 0 radical (unpaired) electrons. The molecule has 9 nitrogen and oxygen atoms in total. The molecule has 0 atom stereocenters. The van der Waals surface area contributed by atoms with Crippen LogP contribution in [0.25, 0.3) is 5.69 Å². The van der Waals surface area contributed by atoms with Crippen LogP contribution in [-0.2, 0) is 19.6 Å². The second-order valence-corrected chi connectivity index (χ2v) is 10.1. The van der Waals surface area contributed by atoms with Crippen molar-refractivity contribution >= 4 is 27.6 Å². The van der Waals surface area contributed by atoms with E-state index in [0.717, 1.165) is 29.9 Å². The van der Waals surface area contributed by atoms with Gasteiger partial charge >= 0.3 is 5.97 Å². The normalized spacial score (nSPS) is 14.2. The van der Waals surface area contributed by atoms with Gasteiger partial charge < -0.3 is 10.1 Å². The lowest BCUT2D eigenvalue weighted by atomic mass is 10.2. The van der Waals surface area contributed by atoms with Crippen molar-refractivity contribution in [1.29, 1.82) is 0 Å². The molecule has 0 saturated carbocycles. The van der Waals surface area contributed by atoms with Crippen LogP contribution in [0.1, 0.15) is 34.6 Å². The fourth-order valence-corrected chi connectivity index (χ4v) is 5.42. The molecule has 0 bridgehead atoms. The van der Waals surface area contributed by atoms with E-state index >= 15 is 0 Å². The minimum Gasteiger partial charge on any atom is -0.452 e. The number of sulfonamides is 1. The molecule has 1 aromatic heterocycles. The van der Waals surface area contributed by atoms with Crippen molar-refractivity contribution in [2.75, 3.05) is 25.0 Å². The Bertz CT molecular complexity index is 1310. The Kier molecular flexibility index (Phi) is 6.80. The lowest BCUT2D eigenvalue weighted by Crippen LogP contribution is -2.28. The molecule has 34 heavy (non-hydrogen) atoms. The zero-order valence-corrected chi connectivity index (χ0v) is 19.8. The number of aryl methyl sites for hydroxylation is 2. The summed E-state index contributed by atoms with van der Waals surface area (Å²) in [7, 11) is -3.59. The second kappa shape index (κ2) is 9.78. The Morgan fingerprint density at radius 1 is 1.03 bits per heavy atom. The highest BCUT2D eigenvalue weighted by Gasteiger charge is 2.27. The van der Waals surface area contributed by atoms with E-state index in [-0.39, 0.29) is 4.90 Å². The first-order valence-corrected chi connectivity index (χ1v) is 12.4. The third-order valence-corrected chi connectivity index (χ3v) is 7.41. The van der Waals surface area contributed by atoms with Crippen molar-refractivity contribution < 1.29 is 22.7 Å². The number of nitrogens with one attached hydrogen (secondary N) is 1. The lowest BCUT2D eigenvalue weighted by molar-refractivity contribution is -0.119. The zero-order chi connectivity index (χ0) is 24.3. The first kappa shape index (κ1) is 23.7. The molecule has 0 aliphatic carbocycles. The van der Waals surface area contributed by atoms with Crippen molar-refractivity contribution in [3.05, 3.63) is 71.5 Å². The van der Waals surface area contributed by atoms with Gasteiger partial charge in [-0.1, -0.05) is 6.07 Å². The fourth-order valence-electron chi connectivity index (χ4n) is 3.85. The highest BCUT2D eigenvalue weighted by Crippen LogP contribution is 2.23. The summed E-state index contributed by atoms with van der Waals surface area (Å²) in [5.74, 6) is -1.20. The summed E-state index contributed by atoms with van der Waals surface area (Å²) in [5.41, 5.74) is 3.30. The molecule has 1 N–H and O–H groups in total. The number of esters is 1. The summed E-state index contributed by atoms with van der Waals surface area (Å²) >= 11 is 0. The van der Waals surface area contributed by atoms with Gasteiger partial charge in [-0.15, -0.1) is 0 Å². The number of benzene rings is 2. The maximum absolute atomic E-state index is 12.7. The van der Waals surface area contributed by atoms with Crippen molar-refractivity contribution in [1.82, 2.24) is 14.1 Å². The number of carbonyl (C=O) groups is 2.